The predicted octanol–water partition coefficient (Wildman–Crippen LogP) is 2.57. The molecule has 7 nitrogen and oxygen atoms in total. The van der Waals surface area contributed by atoms with Crippen molar-refractivity contribution in [1.29, 1.82) is 0 Å². The number of nitrogens with one attached hydrogen (secondary N) is 1. The van der Waals surface area contributed by atoms with E-state index in [9.17, 15) is 23.3 Å². The molecule has 8 heteroatoms. The molecule has 0 aliphatic rings. The van der Waals surface area contributed by atoms with Crippen LogP contribution in [0, 0.1) is 10.1 Å². The summed E-state index contributed by atoms with van der Waals surface area (Å²) in [5, 5.41) is 13.5. The van der Waals surface area contributed by atoms with E-state index in [1.165, 1.54) is 42.5 Å². The van der Waals surface area contributed by atoms with Gasteiger partial charge in [0.2, 0.25) is 5.91 Å². The highest BCUT2D eigenvalue weighted by Gasteiger charge is 2.16. The third kappa shape index (κ3) is 4.17. The molecule has 0 bridgehead atoms. The van der Waals surface area contributed by atoms with Crippen molar-refractivity contribution in [3.63, 3.8) is 0 Å². The quantitative estimate of drug-likeness (QED) is 0.638. The van der Waals surface area contributed by atoms with Crippen LogP contribution in [0.4, 0.5) is 11.4 Å². The van der Waals surface area contributed by atoms with Gasteiger partial charge in [0.1, 0.15) is 0 Å². The molecule has 0 unspecified atom stereocenters. The van der Waals surface area contributed by atoms with Crippen molar-refractivity contribution in [2.24, 2.45) is 0 Å². The molecule has 2 rings (SSSR count). The minimum Gasteiger partial charge on any atom is -0.326 e. The molecule has 0 saturated heterocycles. The monoisotopic (exact) mass is 348 g/mol. The molecule has 0 spiro atoms. The van der Waals surface area contributed by atoms with Crippen molar-refractivity contribution in [1.82, 2.24) is 0 Å². The van der Waals surface area contributed by atoms with Crippen LogP contribution in [0.15, 0.2) is 53.4 Å². The molecule has 0 aliphatic heterocycles. The van der Waals surface area contributed by atoms with Crippen LogP contribution in [0.25, 0.3) is 0 Å². The van der Waals surface area contributed by atoms with Crippen LogP contribution in [-0.4, -0.2) is 25.0 Å². The fourth-order valence-electron chi connectivity index (χ4n) is 2.13. The molecular weight excluding hydrogens is 332 g/mol. The highest BCUT2D eigenvalue weighted by Crippen LogP contribution is 2.19. The second-order valence-corrected chi connectivity index (χ2v) is 7.32. The van der Waals surface area contributed by atoms with Gasteiger partial charge in [-0.05, 0) is 24.3 Å². The van der Waals surface area contributed by atoms with Crippen LogP contribution in [0.1, 0.15) is 12.5 Å². The number of para-hydroxylation sites is 1. The average Bonchev–Trinajstić information content (AvgIpc) is 2.55. The largest absolute Gasteiger partial charge is 0.326 e. The van der Waals surface area contributed by atoms with E-state index in [1.807, 2.05) is 0 Å². The van der Waals surface area contributed by atoms with E-state index in [0.29, 0.717) is 11.3 Å². The Morgan fingerprint density at radius 1 is 1.12 bits per heavy atom. The molecule has 2 aromatic rings. The zero-order chi connectivity index (χ0) is 17.7. The number of amides is 1. The Morgan fingerprint density at radius 3 is 2.33 bits per heavy atom. The standard InChI is InChI=1S/C16H16N2O5S/c1-2-24(22,23)14-9-7-13(8-10-14)17-16(19)11-12-5-3-4-6-15(12)18(20)21/h3-10H,2,11H2,1H3,(H,17,19). The summed E-state index contributed by atoms with van der Waals surface area (Å²) < 4.78 is 23.5. The maximum atomic E-state index is 12.0. The summed E-state index contributed by atoms with van der Waals surface area (Å²) in [7, 11) is -3.29. The molecule has 1 N–H and O–H groups in total. The summed E-state index contributed by atoms with van der Waals surface area (Å²) in [6.07, 6.45) is -0.147. The Hall–Kier alpha value is -2.74. The maximum absolute atomic E-state index is 12.0. The van der Waals surface area contributed by atoms with Gasteiger partial charge in [-0.3, -0.25) is 14.9 Å². The van der Waals surface area contributed by atoms with Crippen LogP contribution in [0.3, 0.4) is 0 Å². The third-order valence-corrected chi connectivity index (χ3v) is 5.17. The molecule has 0 radical (unpaired) electrons. The predicted molar refractivity (Wildman–Crippen MR) is 89.6 cm³/mol. The highest BCUT2D eigenvalue weighted by atomic mass is 32.2. The van der Waals surface area contributed by atoms with E-state index >= 15 is 0 Å². The first-order valence-electron chi connectivity index (χ1n) is 7.18. The van der Waals surface area contributed by atoms with Crippen LogP contribution >= 0.6 is 0 Å². The number of sulfone groups is 1. The summed E-state index contributed by atoms with van der Waals surface area (Å²) in [5.74, 6) is -0.425. The van der Waals surface area contributed by atoms with Gasteiger partial charge >= 0.3 is 0 Å². The number of hydrogen-bond acceptors (Lipinski definition) is 5. The Balaban J connectivity index is 2.10. The topological polar surface area (TPSA) is 106 Å². The molecule has 1 amide bonds. The summed E-state index contributed by atoms with van der Waals surface area (Å²) in [6.45, 7) is 1.55. The molecule has 0 aromatic heterocycles. The maximum Gasteiger partial charge on any atom is 0.273 e. The summed E-state index contributed by atoms with van der Waals surface area (Å²) in [5.41, 5.74) is 0.621. The van der Waals surface area contributed by atoms with E-state index < -0.39 is 20.7 Å². The Bertz CT molecular complexity index is 860. The molecule has 2 aromatic carbocycles. The summed E-state index contributed by atoms with van der Waals surface area (Å²) in [6, 6.07) is 11.8. The summed E-state index contributed by atoms with van der Waals surface area (Å²) >= 11 is 0. The number of carbonyl (C=O) groups excluding carboxylic acids is 1. The van der Waals surface area contributed by atoms with E-state index in [2.05, 4.69) is 5.32 Å². The zero-order valence-corrected chi connectivity index (χ0v) is 13.7. The lowest BCUT2D eigenvalue weighted by atomic mass is 10.1. The van der Waals surface area contributed by atoms with Crippen LogP contribution < -0.4 is 5.32 Å². The van der Waals surface area contributed by atoms with Crippen molar-refractivity contribution in [3.05, 3.63) is 64.2 Å². The molecule has 0 fully saturated rings. The molecule has 0 atom stereocenters. The van der Waals surface area contributed by atoms with Gasteiger partial charge in [-0.15, -0.1) is 0 Å². The average molecular weight is 348 g/mol. The fourth-order valence-corrected chi connectivity index (χ4v) is 3.01. The highest BCUT2D eigenvalue weighted by molar-refractivity contribution is 7.91. The normalized spacial score (nSPS) is 11.0. The fraction of sp³-hybridized carbons (Fsp3) is 0.188. The molecule has 24 heavy (non-hydrogen) atoms. The van der Waals surface area contributed by atoms with Crippen molar-refractivity contribution >= 4 is 27.1 Å². The second kappa shape index (κ2) is 7.22. The minimum absolute atomic E-state index is 0.00359. The SMILES string of the molecule is CCS(=O)(=O)c1ccc(NC(=O)Cc2ccccc2[N+](=O)[O-])cc1. The van der Waals surface area contributed by atoms with Crippen molar-refractivity contribution in [2.45, 2.75) is 18.2 Å². The number of nitro benzene ring substituents is 1. The molecule has 126 valence electrons. The lowest BCUT2D eigenvalue weighted by molar-refractivity contribution is -0.385. The van der Waals surface area contributed by atoms with E-state index in [4.69, 9.17) is 0 Å². The number of carbonyl (C=O) groups is 1. The number of nitrogens with zero attached hydrogens (tertiary/aromatic N) is 1. The first-order chi connectivity index (χ1) is 11.3. The zero-order valence-electron chi connectivity index (χ0n) is 12.9. The Labute approximate surface area is 139 Å². The minimum atomic E-state index is -3.29. The number of hydrogen-bond donors (Lipinski definition) is 1. The number of nitro groups is 1. The van der Waals surface area contributed by atoms with Crippen molar-refractivity contribution < 1.29 is 18.1 Å². The van der Waals surface area contributed by atoms with Gasteiger partial charge in [0.05, 0.1) is 22.0 Å². The second-order valence-electron chi connectivity index (χ2n) is 5.04. The van der Waals surface area contributed by atoms with E-state index in [-0.39, 0.29) is 22.8 Å². The molecule has 0 aliphatic carbocycles. The number of anilines is 1. The summed E-state index contributed by atoms with van der Waals surface area (Å²) in [4.78, 5) is 22.6. The van der Waals surface area contributed by atoms with Crippen LogP contribution in [-0.2, 0) is 21.1 Å². The molecule has 0 saturated carbocycles. The first kappa shape index (κ1) is 17.6. The Morgan fingerprint density at radius 2 is 1.75 bits per heavy atom. The molecular formula is C16H16N2O5S. The van der Waals surface area contributed by atoms with Gasteiger partial charge in [0.25, 0.3) is 5.69 Å². The van der Waals surface area contributed by atoms with Gasteiger partial charge in [0.15, 0.2) is 9.84 Å². The molecule has 0 heterocycles. The van der Waals surface area contributed by atoms with E-state index in [0.717, 1.165) is 0 Å². The van der Waals surface area contributed by atoms with Crippen LogP contribution in [0.5, 0.6) is 0 Å². The van der Waals surface area contributed by atoms with Gasteiger partial charge in [-0.2, -0.15) is 0 Å². The van der Waals surface area contributed by atoms with Crippen LogP contribution in [0.2, 0.25) is 0 Å². The number of benzene rings is 2. The van der Waals surface area contributed by atoms with E-state index in [1.54, 1.807) is 13.0 Å². The van der Waals surface area contributed by atoms with Gasteiger partial charge in [0, 0.05) is 17.3 Å². The van der Waals surface area contributed by atoms with Gasteiger partial charge in [-0.1, -0.05) is 25.1 Å². The third-order valence-electron chi connectivity index (χ3n) is 3.42. The smallest absolute Gasteiger partial charge is 0.273 e. The Kier molecular flexibility index (Phi) is 5.30. The van der Waals surface area contributed by atoms with Crippen molar-refractivity contribution in [3.8, 4) is 0 Å². The van der Waals surface area contributed by atoms with Crippen molar-refractivity contribution in [2.75, 3.05) is 11.1 Å². The van der Waals surface area contributed by atoms with Gasteiger partial charge in [-0.25, -0.2) is 8.42 Å². The number of rotatable bonds is 6. The lowest BCUT2D eigenvalue weighted by Crippen LogP contribution is -2.15. The van der Waals surface area contributed by atoms with Gasteiger partial charge < -0.3 is 5.32 Å². The lowest BCUT2D eigenvalue weighted by Gasteiger charge is -2.07. The first-order valence-corrected chi connectivity index (χ1v) is 8.83.